The van der Waals surface area contributed by atoms with E-state index in [0.717, 1.165) is 47.5 Å². The Hall–Kier alpha value is -2.67. The number of carbonyl (C=O) groups is 1. The average molecular weight is 340 g/mol. The first-order valence-electron chi connectivity index (χ1n) is 8.46. The summed E-state index contributed by atoms with van der Waals surface area (Å²) < 4.78 is 6.03. The van der Waals surface area contributed by atoms with Gasteiger partial charge in [-0.2, -0.15) is 0 Å². The Kier molecular flexibility index (Phi) is 4.01. The summed E-state index contributed by atoms with van der Waals surface area (Å²) in [6, 6.07) is 8.08. The first kappa shape index (κ1) is 15.8. The van der Waals surface area contributed by atoms with Crippen molar-refractivity contribution < 1.29 is 14.3 Å². The Balaban J connectivity index is 1.63. The third-order valence-corrected chi connectivity index (χ3v) is 4.76. The second kappa shape index (κ2) is 6.33. The van der Waals surface area contributed by atoms with E-state index in [1.165, 1.54) is 0 Å². The van der Waals surface area contributed by atoms with E-state index < -0.39 is 5.97 Å². The molecule has 3 aromatic rings. The molecule has 0 aliphatic carbocycles. The Bertz CT molecular complexity index is 923. The number of benzene rings is 1. The van der Waals surface area contributed by atoms with Crippen LogP contribution >= 0.6 is 0 Å². The summed E-state index contributed by atoms with van der Waals surface area (Å²) in [5.41, 5.74) is 2.36. The molecule has 1 atom stereocenters. The van der Waals surface area contributed by atoms with Gasteiger partial charge >= 0.3 is 5.97 Å². The van der Waals surface area contributed by atoms with Crippen molar-refractivity contribution in [3.8, 4) is 0 Å². The number of carboxylic acids is 1. The number of hydrogen-bond acceptors (Lipinski definition) is 6. The lowest BCUT2D eigenvalue weighted by Crippen LogP contribution is -2.52. The van der Waals surface area contributed by atoms with E-state index in [0.29, 0.717) is 6.54 Å². The van der Waals surface area contributed by atoms with E-state index in [9.17, 15) is 4.79 Å². The van der Waals surface area contributed by atoms with Gasteiger partial charge in [-0.15, -0.1) is 0 Å². The number of aromatic nitrogens is 2. The highest BCUT2D eigenvalue weighted by molar-refractivity contribution is 6.05. The van der Waals surface area contributed by atoms with E-state index in [1.54, 1.807) is 6.33 Å². The van der Waals surface area contributed by atoms with Crippen LogP contribution in [0.5, 0.6) is 0 Å². The molecule has 1 aromatic carbocycles. The van der Waals surface area contributed by atoms with Gasteiger partial charge in [-0.05, 0) is 19.1 Å². The fourth-order valence-corrected chi connectivity index (χ4v) is 3.52. The number of carboxylic acid groups (broad SMARTS) is 1. The molecular weight excluding hydrogens is 320 g/mol. The zero-order valence-electron chi connectivity index (χ0n) is 14.1. The molecule has 1 fully saturated rings. The molecule has 0 amide bonds. The lowest BCUT2D eigenvalue weighted by molar-refractivity contribution is -0.137. The Labute approximate surface area is 144 Å². The molecule has 25 heavy (non-hydrogen) atoms. The molecule has 2 aromatic heterocycles. The van der Waals surface area contributed by atoms with Crippen LogP contribution in [0.4, 0.5) is 5.82 Å². The van der Waals surface area contributed by atoms with Gasteiger partial charge in [0, 0.05) is 37.6 Å². The van der Waals surface area contributed by atoms with E-state index in [1.807, 2.05) is 24.3 Å². The SMILES string of the molecule is CC1CN(CCC(=O)O)CCN1c1ncnc2c1oc1ccccc12. The standard InChI is InChI=1S/C18H20N4O3/c1-12-10-21(7-6-15(23)24)8-9-22(12)18-17-16(19-11-20-18)13-4-2-3-5-14(13)25-17/h2-5,11-12H,6-10H2,1H3,(H,23,24). The highest BCUT2D eigenvalue weighted by atomic mass is 16.4. The van der Waals surface area contributed by atoms with Crippen LogP contribution < -0.4 is 4.90 Å². The minimum absolute atomic E-state index is 0.175. The Morgan fingerprint density at radius 2 is 2.16 bits per heavy atom. The average Bonchev–Trinajstić information content (AvgIpc) is 2.99. The maximum atomic E-state index is 10.8. The van der Waals surface area contributed by atoms with Gasteiger partial charge in [-0.3, -0.25) is 9.69 Å². The predicted molar refractivity (Wildman–Crippen MR) is 94.8 cm³/mol. The summed E-state index contributed by atoms with van der Waals surface area (Å²) in [6.07, 6.45) is 1.76. The normalized spacial score (nSPS) is 18.9. The van der Waals surface area contributed by atoms with Crippen molar-refractivity contribution in [3.63, 3.8) is 0 Å². The van der Waals surface area contributed by atoms with E-state index in [2.05, 4.69) is 26.7 Å². The molecule has 1 aliphatic rings. The van der Waals surface area contributed by atoms with Crippen molar-refractivity contribution >= 4 is 33.9 Å². The van der Waals surface area contributed by atoms with Crippen LogP contribution in [-0.2, 0) is 4.79 Å². The van der Waals surface area contributed by atoms with Crippen LogP contribution in [0, 0.1) is 0 Å². The van der Waals surface area contributed by atoms with Gasteiger partial charge in [-0.1, -0.05) is 12.1 Å². The van der Waals surface area contributed by atoms with E-state index in [4.69, 9.17) is 9.52 Å². The van der Waals surface area contributed by atoms with Gasteiger partial charge in [0.05, 0.1) is 6.42 Å². The van der Waals surface area contributed by atoms with Crippen LogP contribution in [0.2, 0.25) is 0 Å². The van der Waals surface area contributed by atoms with Gasteiger partial charge in [0.15, 0.2) is 11.4 Å². The summed E-state index contributed by atoms with van der Waals surface area (Å²) in [5, 5.41) is 9.86. The summed E-state index contributed by atoms with van der Waals surface area (Å²) in [5.74, 6) is 0.0569. The van der Waals surface area contributed by atoms with Gasteiger partial charge in [0.2, 0.25) is 0 Å². The number of piperazine rings is 1. The quantitative estimate of drug-likeness (QED) is 0.780. The van der Waals surface area contributed by atoms with Crippen molar-refractivity contribution in [2.24, 2.45) is 0 Å². The number of nitrogens with zero attached hydrogens (tertiary/aromatic N) is 4. The topological polar surface area (TPSA) is 82.7 Å². The number of furan rings is 1. The summed E-state index contributed by atoms with van der Waals surface area (Å²) in [6.45, 7) is 5.10. The second-order valence-corrected chi connectivity index (χ2v) is 6.46. The lowest BCUT2D eigenvalue weighted by atomic mass is 10.1. The number of hydrogen-bond donors (Lipinski definition) is 1. The molecule has 130 valence electrons. The number of anilines is 1. The van der Waals surface area contributed by atoms with Crippen molar-refractivity contribution in [2.75, 3.05) is 31.1 Å². The van der Waals surface area contributed by atoms with Crippen LogP contribution in [0.25, 0.3) is 22.1 Å². The first-order valence-corrected chi connectivity index (χ1v) is 8.46. The monoisotopic (exact) mass is 340 g/mol. The molecule has 4 rings (SSSR count). The third-order valence-electron chi connectivity index (χ3n) is 4.76. The van der Waals surface area contributed by atoms with Crippen molar-refractivity contribution in [2.45, 2.75) is 19.4 Å². The number of aliphatic carboxylic acids is 1. The number of fused-ring (bicyclic) bond motifs is 3. The molecule has 1 aliphatic heterocycles. The van der Waals surface area contributed by atoms with Crippen LogP contribution in [0.15, 0.2) is 35.0 Å². The molecule has 3 heterocycles. The summed E-state index contributed by atoms with van der Waals surface area (Å²) >= 11 is 0. The second-order valence-electron chi connectivity index (χ2n) is 6.46. The molecule has 0 spiro atoms. The molecular formula is C18H20N4O3. The predicted octanol–water partition coefficient (Wildman–Crippen LogP) is 2.36. The molecule has 7 nitrogen and oxygen atoms in total. The van der Waals surface area contributed by atoms with Gasteiger partial charge in [0.1, 0.15) is 17.4 Å². The minimum atomic E-state index is -0.755. The molecule has 0 saturated carbocycles. The van der Waals surface area contributed by atoms with Crippen LogP contribution in [-0.4, -0.2) is 58.2 Å². The van der Waals surface area contributed by atoms with E-state index in [-0.39, 0.29) is 12.5 Å². The number of rotatable bonds is 4. The zero-order chi connectivity index (χ0) is 17.4. The molecule has 0 bridgehead atoms. The maximum Gasteiger partial charge on any atom is 0.304 e. The highest BCUT2D eigenvalue weighted by Crippen LogP contribution is 2.33. The van der Waals surface area contributed by atoms with Crippen molar-refractivity contribution in [1.82, 2.24) is 14.9 Å². The Morgan fingerprint density at radius 1 is 1.32 bits per heavy atom. The number of para-hydroxylation sites is 1. The van der Waals surface area contributed by atoms with Crippen molar-refractivity contribution in [1.29, 1.82) is 0 Å². The maximum absolute atomic E-state index is 10.8. The summed E-state index contributed by atoms with van der Waals surface area (Å²) in [4.78, 5) is 24.1. The Morgan fingerprint density at radius 3 is 2.96 bits per heavy atom. The van der Waals surface area contributed by atoms with Gasteiger partial charge < -0.3 is 14.4 Å². The molecule has 0 radical (unpaired) electrons. The van der Waals surface area contributed by atoms with E-state index >= 15 is 0 Å². The molecule has 1 unspecified atom stereocenters. The fraction of sp³-hybridized carbons (Fsp3) is 0.389. The minimum Gasteiger partial charge on any atom is -0.481 e. The first-order chi connectivity index (χ1) is 12.1. The molecule has 1 saturated heterocycles. The van der Waals surface area contributed by atoms with Crippen molar-refractivity contribution in [3.05, 3.63) is 30.6 Å². The van der Waals surface area contributed by atoms with Crippen LogP contribution in [0.3, 0.4) is 0 Å². The highest BCUT2D eigenvalue weighted by Gasteiger charge is 2.27. The van der Waals surface area contributed by atoms with Gasteiger partial charge in [-0.25, -0.2) is 9.97 Å². The zero-order valence-corrected chi connectivity index (χ0v) is 14.1. The van der Waals surface area contributed by atoms with Gasteiger partial charge in [0.25, 0.3) is 0 Å². The molecule has 7 heteroatoms. The largest absolute Gasteiger partial charge is 0.481 e. The summed E-state index contributed by atoms with van der Waals surface area (Å²) in [7, 11) is 0. The molecule has 1 N–H and O–H groups in total. The third kappa shape index (κ3) is 2.91. The fourth-order valence-electron chi connectivity index (χ4n) is 3.52. The smallest absolute Gasteiger partial charge is 0.304 e. The van der Waals surface area contributed by atoms with Crippen LogP contribution in [0.1, 0.15) is 13.3 Å². The lowest BCUT2D eigenvalue weighted by Gasteiger charge is -2.40.